The first-order valence-electron chi connectivity index (χ1n) is 7.58. The van der Waals surface area contributed by atoms with E-state index in [-0.39, 0.29) is 5.91 Å². The number of rotatable bonds is 2. The van der Waals surface area contributed by atoms with Crippen LogP contribution in [0.1, 0.15) is 16.7 Å². The molecule has 3 nitrogen and oxygen atoms in total. The van der Waals surface area contributed by atoms with Crippen molar-refractivity contribution >= 4 is 35.0 Å². The molecular formula is C19H18N2OS. The lowest BCUT2D eigenvalue weighted by molar-refractivity contribution is -0.115. The van der Waals surface area contributed by atoms with E-state index >= 15 is 0 Å². The van der Waals surface area contributed by atoms with Crippen molar-refractivity contribution in [3.05, 3.63) is 71.3 Å². The fourth-order valence-electron chi connectivity index (χ4n) is 2.61. The van der Waals surface area contributed by atoms with Crippen molar-refractivity contribution in [2.75, 3.05) is 11.4 Å². The number of anilines is 1. The first-order valence-corrected chi connectivity index (χ1v) is 7.99. The monoisotopic (exact) mass is 322 g/mol. The second-order valence-corrected chi connectivity index (χ2v) is 5.96. The van der Waals surface area contributed by atoms with E-state index in [9.17, 15) is 4.79 Å². The molecule has 0 saturated carbocycles. The molecule has 0 aliphatic carbocycles. The highest BCUT2D eigenvalue weighted by atomic mass is 32.1. The summed E-state index contributed by atoms with van der Waals surface area (Å²) in [7, 11) is 0. The third-order valence-corrected chi connectivity index (χ3v) is 4.19. The first kappa shape index (κ1) is 15.4. The number of benzene rings is 2. The van der Waals surface area contributed by atoms with E-state index in [1.807, 2.05) is 54.3 Å². The number of carbonyl (C=O) groups is 1. The zero-order chi connectivity index (χ0) is 16.2. The van der Waals surface area contributed by atoms with E-state index in [0.717, 1.165) is 24.2 Å². The van der Waals surface area contributed by atoms with Gasteiger partial charge in [-0.1, -0.05) is 48.0 Å². The summed E-state index contributed by atoms with van der Waals surface area (Å²) in [5.41, 5.74) is 4.53. The molecule has 4 heteroatoms. The number of carbonyl (C=O) groups excluding carboxylic acids is 1. The predicted octanol–water partition coefficient (Wildman–Crippen LogP) is 3.47. The van der Waals surface area contributed by atoms with Gasteiger partial charge in [-0.2, -0.15) is 0 Å². The van der Waals surface area contributed by atoms with Crippen molar-refractivity contribution in [2.45, 2.75) is 13.3 Å². The molecule has 23 heavy (non-hydrogen) atoms. The summed E-state index contributed by atoms with van der Waals surface area (Å²) in [6, 6.07) is 16.1. The predicted molar refractivity (Wildman–Crippen MR) is 98.4 cm³/mol. The highest BCUT2D eigenvalue weighted by Crippen LogP contribution is 2.27. The molecule has 2 aromatic rings. The summed E-state index contributed by atoms with van der Waals surface area (Å²) >= 11 is 5.37. The Balaban J connectivity index is 1.62. The molecule has 1 amide bonds. The molecule has 1 N–H and O–H groups in total. The van der Waals surface area contributed by atoms with Crippen LogP contribution in [0, 0.1) is 6.92 Å². The van der Waals surface area contributed by atoms with E-state index < -0.39 is 0 Å². The lowest BCUT2D eigenvalue weighted by Gasteiger charge is -2.19. The normalized spacial score (nSPS) is 13.2. The minimum atomic E-state index is -0.208. The van der Waals surface area contributed by atoms with Gasteiger partial charge in [0.2, 0.25) is 5.91 Å². The second-order valence-electron chi connectivity index (χ2n) is 5.57. The van der Waals surface area contributed by atoms with Crippen LogP contribution in [0.3, 0.4) is 0 Å². The number of amides is 1. The summed E-state index contributed by atoms with van der Waals surface area (Å²) in [6.45, 7) is 2.84. The topological polar surface area (TPSA) is 32.3 Å². The lowest BCUT2D eigenvalue weighted by Crippen LogP contribution is -2.41. The molecule has 1 heterocycles. The quantitative estimate of drug-likeness (QED) is 0.679. The van der Waals surface area contributed by atoms with Crippen LogP contribution in [0.4, 0.5) is 5.69 Å². The largest absolute Gasteiger partial charge is 0.318 e. The van der Waals surface area contributed by atoms with Gasteiger partial charge in [0.15, 0.2) is 5.11 Å². The molecule has 0 unspecified atom stereocenters. The highest BCUT2D eigenvalue weighted by Gasteiger charge is 2.22. The second kappa shape index (κ2) is 6.75. The Labute approximate surface area is 141 Å². The minimum absolute atomic E-state index is 0.208. The maximum absolute atomic E-state index is 12.1. The van der Waals surface area contributed by atoms with Crippen molar-refractivity contribution in [3.63, 3.8) is 0 Å². The van der Waals surface area contributed by atoms with Crippen LogP contribution in [0.2, 0.25) is 0 Å². The fourth-order valence-corrected chi connectivity index (χ4v) is 2.90. The molecule has 0 atom stereocenters. The van der Waals surface area contributed by atoms with Crippen LogP contribution in [0.5, 0.6) is 0 Å². The molecule has 0 fully saturated rings. The van der Waals surface area contributed by atoms with Gasteiger partial charge in [-0.15, -0.1) is 0 Å². The SMILES string of the molecule is Cc1ccc(/C=C/C(=O)NC(=S)N2CCc3ccccc32)cc1. The van der Waals surface area contributed by atoms with Gasteiger partial charge in [0.25, 0.3) is 0 Å². The van der Waals surface area contributed by atoms with Crippen molar-refractivity contribution < 1.29 is 4.79 Å². The molecule has 0 saturated heterocycles. The zero-order valence-electron chi connectivity index (χ0n) is 13.0. The molecule has 116 valence electrons. The van der Waals surface area contributed by atoms with E-state index in [4.69, 9.17) is 12.2 Å². The Morgan fingerprint density at radius 1 is 1.17 bits per heavy atom. The van der Waals surface area contributed by atoms with Gasteiger partial charge in [0, 0.05) is 18.3 Å². The van der Waals surface area contributed by atoms with Crippen LogP contribution < -0.4 is 10.2 Å². The average Bonchev–Trinajstić information content (AvgIpc) is 2.98. The van der Waals surface area contributed by atoms with E-state index in [1.165, 1.54) is 17.2 Å². The van der Waals surface area contributed by atoms with Crippen molar-refractivity contribution in [3.8, 4) is 0 Å². The number of nitrogens with zero attached hydrogens (tertiary/aromatic N) is 1. The number of thiocarbonyl (C=S) groups is 1. The van der Waals surface area contributed by atoms with Crippen LogP contribution in [0.15, 0.2) is 54.6 Å². The molecular weight excluding hydrogens is 304 g/mol. The van der Waals surface area contributed by atoms with Crippen LogP contribution in [-0.4, -0.2) is 17.6 Å². The summed E-state index contributed by atoms with van der Waals surface area (Å²) in [5, 5.41) is 3.23. The standard InChI is InChI=1S/C19H18N2OS/c1-14-6-8-15(9-7-14)10-11-18(22)20-19(23)21-13-12-16-4-2-3-5-17(16)21/h2-11H,12-13H2,1H3,(H,20,22,23)/b11-10+. The Hall–Kier alpha value is -2.46. The minimum Gasteiger partial charge on any atom is -0.318 e. The van der Waals surface area contributed by atoms with Crippen LogP contribution >= 0.6 is 12.2 Å². The summed E-state index contributed by atoms with van der Waals surface area (Å²) in [4.78, 5) is 14.0. The maximum Gasteiger partial charge on any atom is 0.250 e. The summed E-state index contributed by atoms with van der Waals surface area (Å²) in [6.07, 6.45) is 4.25. The Morgan fingerprint density at radius 3 is 2.70 bits per heavy atom. The first-order chi connectivity index (χ1) is 11.1. The Bertz CT molecular complexity index is 765. The molecule has 0 bridgehead atoms. The van der Waals surface area contributed by atoms with Gasteiger partial charge in [0.1, 0.15) is 0 Å². The van der Waals surface area contributed by atoms with E-state index in [2.05, 4.69) is 11.4 Å². The average molecular weight is 322 g/mol. The van der Waals surface area contributed by atoms with Gasteiger partial charge >= 0.3 is 0 Å². The number of para-hydroxylation sites is 1. The smallest absolute Gasteiger partial charge is 0.250 e. The summed E-state index contributed by atoms with van der Waals surface area (Å²) < 4.78 is 0. The highest BCUT2D eigenvalue weighted by molar-refractivity contribution is 7.80. The molecule has 2 aromatic carbocycles. The third kappa shape index (κ3) is 3.66. The van der Waals surface area contributed by atoms with E-state index in [0.29, 0.717) is 5.11 Å². The van der Waals surface area contributed by atoms with Gasteiger partial charge in [-0.05, 0) is 48.8 Å². The van der Waals surface area contributed by atoms with Gasteiger partial charge < -0.3 is 4.90 Å². The van der Waals surface area contributed by atoms with Gasteiger partial charge in [-0.3, -0.25) is 10.1 Å². The van der Waals surface area contributed by atoms with Crippen LogP contribution in [0.25, 0.3) is 6.08 Å². The number of nitrogens with one attached hydrogen (secondary N) is 1. The number of aryl methyl sites for hydroxylation is 1. The molecule has 1 aliphatic heterocycles. The third-order valence-electron chi connectivity index (χ3n) is 3.87. The summed E-state index contributed by atoms with van der Waals surface area (Å²) in [5.74, 6) is -0.208. The van der Waals surface area contributed by atoms with Crippen molar-refractivity contribution in [1.82, 2.24) is 5.32 Å². The Kier molecular flexibility index (Phi) is 4.53. The van der Waals surface area contributed by atoms with Crippen LogP contribution in [-0.2, 0) is 11.2 Å². The van der Waals surface area contributed by atoms with Crippen molar-refractivity contribution in [1.29, 1.82) is 0 Å². The van der Waals surface area contributed by atoms with Gasteiger partial charge in [-0.25, -0.2) is 0 Å². The maximum atomic E-state index is 12.1. The molecule has 0 aromatic heterocycles. The number of hydrogen-bond acceptors (Lipinski definition) is 2. The number of hydrogen-bond donors (Lipinski definition) is 1. The zero-order valence-corrected chi connectivity index (χ0v) is 13.8. The fraction of sp³-hybridized carbons (Fsp3) is 0.158. The van der Waals surface area contributed by atoms with E-state index in [1.54, 1.807) is 6.08 Å². The Morgan fingerprint density at radius 2 is 1.91 bits per heavy atom. The molecule has 0 radical (unpaired) electrons. The number of fused-ring (bicyclic) bond motifs is 1. The van der Waals surface area contributed by atoms with Gasteiger partial charge in [0.05, 0.1) is 0 Å². The molecule has 1 aliphatic rings. The molecule has 3 rings (SSSR count). The lowest BCUT2D eigenvalue weighted by atomic mass is 10.1. The van der Waals surface area contributed by atoms with Crippen molar-refractivity contribution in [2.24, 2.45) is 0 Å². The molecule has 0 spiro atoms.